The van der Waals surface area contributed by atoms with E-state index in [1.165, 1.54) is 20.8 Å². The van der Waals surface area contributed by atoms with Crippen molar-refractivity contribution in [2.45, 2.75) is 26.6 Å². The normalized spacial score (nSPS) is 13.1. The smallest absolute Gasteiger partial charge is 0.333 e. The molecule has 0 saturated carbocycles. The van der Waals surface area contributed by atoms with Crippen molar-refractivity contribution in [3.8, 4) is 0 Å². The van der Waals surface area contributed by atoms with Crippen LogP contribution in [0.4, 0.5) is 0 Å². The molecule has 0 aliphatic heterocycles. The minimum absolute atomic E-state index is 0.110. The predicted molar refractivity (Wildman–Crippen MR) is 111 cm³/mol. The van der Waals surface area contributed by atoms with Gasteiger partial charge in [-0.1, -0.05) is 19.7 Å². The number of aliphatic hydroxyl groups excluding tert-OH is 3. The van der Waals surface area contributed by atoms with Gasteiger partial charge in [-0.25, -0.2) is 14.5 Å². The highest BCUT2D eigenvalue weighted by atomic mass is 17.2. The number of Topliss-reactive ketones (excluding diaryl/α,β-unsaturated/α-hetero) is 1. The van der Waals surface area contributed by atoms with Gasteiger partial charge >= 0.3 is 11.9 Å². The van der Waals surface area contributed by atoms with Gasteiger partial charge in [0, 0.05) is 11.1 Å². The Labute approximate surface area is 186 Å². The molecule has 0 aromatic heterocycles. The van der Waals surface area contributed by atoms with E-state index in [1.807, 2.05) is 0 Å². The molecule has 0 spiro atoms. The second-order valence-electron chi connectivity index (χ2n) is 7.07. The number of ketones is 1. The zero-order valence-electron chi connectivity index (χ0n) is 18.7. The van der Waals surface area contributed by atoms with Gasteiger partial charge in [0.25, 0.3) is 5.79 Å². The molecule has 0 bridgehead atoms. The summed E-state index contributed by atoms with van der Waals surface area (Å²) in [4.78, 5) is 46.1. The van der Waals surface area contributed by atoms with Crippen LogP contribution in [0.5, 0.6) is 0 Å². The number of carbonyl (C=O) groups excluding carboxylic acids is 3. The van der Waals surface area contributed by atoms with Gasteiger partial charge in [0.05, 0.1) is 26.4 Å². The highest BCUT2D eigenvalue weighted by molar-refractivity contribution is 6.00. The van der Waals surface area contributed by atoms with Gasteiger partial charge < -0.3 is 29.5 Å². The molecule has 0 rings (SSSR count). The molecule has 0 aromatic carbocycles. The Kier molecular flexibility index (Phi) is 12.8. The number of hydrogen-bond donors (Lipinski definition) is 3. The number of rotatable bonds is 17. The molecule has 0 radical (unpaired) electrons. The third-order valence-corrected chi connectivity index (χ3v) is 4.19. The van der Waals surface area contributed by atoms with E-state index in [0.717, 1.165) is 0 Å². The lowest BCUT2D eigenvalue weighted by molar-refractivity contribution is -0.447. The van der Waals surface area contributed by atoms with Crippen LogP contribution in [0.25, 0.3) is 0 Å². The number of esters is 2. The molecule has 0 aliphatic carbocycles. The fourth-order valence-corrected chi connectivity index (χ4v) is 2.21. The SMILES string of the molecule is C=C(C)C(=O)OCCOOC(OCCOC(=O)C(=C)C)(C(=O)C(=C)C)C(CO)(CO)CO. The Bertz CT molecular complexity index is 700. The van der Waals surface area contributed by atoms with Crippen LogP contribution in [-0.2, 0) is 38.4 Å². The minimum Gasteiger partial charge on any atom is -0.460 e. The summed E-state index contributed by atoms with van der Waals surface area (Å²) in [6.45, 7) is 10.2. The Balaban J connectivity index is 5.69. The fourth-order valence-electron chi connectivity index (χ4n) is 2.21. The van der Waals surface area contributed by atoms with Crippen LogP contribution >= 0.6 is 0 Å². The van der Waals surface area contributed by atoms with Crippen molar-refractivity contribution in [1.29, 1.82) is 0 Å². The molecule has 0 aliphatic rings. The first-order valence-electron chi connectivity index (χ1n) is 9.57. The molecular weight excluding hydrogens is 428 g/mol. The fraction of sp³-hybridized carbons (Fsp3) is 0.571. The monoisotopic (exact) mass is 460 g/mol. The molecule has 182 valence electrons. The van der Waals surface area contributed by atoms with Crippen molar-refractivity contribution >= 4 is 17.7 Å². The van der Waals surface area contributed by atoms with Gasteiger partial charge in [-0.05, 0) is 26.3 Å². The van der Waals surface area contributed by atoms with Crippen molar-refractivity contribution in [3.05, 3.63) is 36.5 Å². The molecule has 0 heterocycles. The molecule has 11 nitrogen and oxygen atoms in total. The zero-order valence-corrected chi connectivity index (χ0v) is 18.7. The second-order valence-corrected chi connectivity index (χ2v) is 7.07. The number of carbonyl (C=O) groups is 3. The lowest BCUT2D eigenvalue weighted by Crippen LogP contribution is -2.63. The van der Waals surface area contributed by atoms with Crippen LogP contribution in [0.3, 0.4) is 0 Å². The summed E-state index contributed by atoms with van der Waals surface area (Å²) in [7, 11) is 0. The maximum Gasteiger partial charge on any atom is 0.333 e. The summed E-state index contributed by atoms with van der Waals surface area (Å²) < 4.78 is 15.3. The first-order chi connectivity index (χ1) is 14.9. The van der Waals surface area contributed by atoms with Crippen molar-refractivity contribution in [2.24, 2.45) is 5.41 Å². The maximum atomic E-state index is 13.0. The Hall–Kier alpha value is -2.41. The molecule has 0 fully saturated rings. The van der Waals surface area contributed by atoms with E-state index in [1.54, 1.807) is 0 Å². The van der Waals surface area contributed by atoms with E-state index >= 15 is 0 Å². The van der Waals surface area contributed by atoms with Crippen molar-refractivity contribution in [1.82, 2.24) is 0 Å². The Morgan fingerprint density at radius 2 is 1.16 bits per heavy atom. The number of aliphatic hydroxyl groups is 3. The molecule has 1 unspecified atom stereocenters. The lowest BCUT2D eigenvalue weighted by atomic mass is 9.77. The molecule has 11 heteroatoms. The van der Waals surface area contributed by atoms with Gasteiger partial charge in [-0.15, -0.1) is 0 Å². The van der Waals surface area contributed by atoms with Crippen LogP contribution < -0.4 is 0 Å². The zero-order chi connectivity index (χ0) is 24.9. The van der Waals surface area contributed by atoms with E-state index in [-0.39, 0.29) is 36.5 Å². The van der Waals surface area contributed by atoms with Crippen LogP contribution in [-0.4, -0.2) is 85.1 Å². The van der Waals surface area contributed by atoms with E-state index < -0.39 is 55.4 Å². The maximum absolute atomic E-state index is 13.0. The van der Waals surface area contributed by atoms with Crippen LogP contribution in [0, 0.1) is 5.41 Å². The quantitative estimate of drug-likeness (QED) is 0.0669. The minimum atomic E-state index is -2.58. The molecule has 1 atom stereocenters. The molecular formula is C21H32O11. The highest BCUT2D eigenvalue weighted by Crippen LogP contribution is 2.38. The summed E-state index contributed by atoms with van der Waals surface area (Å²) in [5.74, 6) is -4.92. The molecule has 3 N–H and O–H groups in total. The third kappa shape index (κ3) is 7.62. The summed E-state index contributed by atoms with van der Waals surface area (Å²) in [6.07, 6.45) is 0. The average Bonchev–Trinajstić information content (AvgIpc) is 2.75. The Morgan fingerprint density at radius 3 is 1.53 bits per heavy atom. The van der Waals surface area contributed by atoms with Gasteiger partial charge in [0.15, 0.2) is 0 Å². The molecule has 0 aromatic rings. The molecule has 32 heavy (non-hydrogen) atoms. The van der Waals surface area contributed by atoms with Crippen LogP contribution in [0.2, 0.25) is 0 Å². The van der Waals surface area contributed by atoms with Gasteiger partial charge in [-0.2, -0.15) is 4.89 Å². The largest absolute Gasteiger partial charge is 0.460 e. The molecule has 0 saturated heterocycles. The van der Waals surface area contributed by atoms with E-state index in [0.29, 0.717) is 0 Å². The lowest BCUT2D eigenvalue weighted by Gasteiger charge is -2.44. The first-order valence-corrected chi connectivity index (χ1v) is 9.57. The van der Waals surface area contributed by atoms with Gasteiger partial charge in [0.2, 0.25) is 5.78 Å². The van der Waals surface area contributed by atoms with E-state index in [2.05, 4.69) is 19.7 Å². The second kappa shape index (κ2) is 13.9. The van der Waals surface area contributed by atoms with E-state index in [9.17, 15) is 29.7 Å². The summed E-state index contributed by atoms with van der Waals surface area (Å²) in [6, 6.07) is 0. The van der Waals surface area contributed by atoms with E-state index in [4.69, 9.17) is 24.0 Å². The van der Waals surface area contributed by atoms with Crippen molar-refractivity contribution in [2.75, 3.05) is 46.2 Å². The predicted octanol–water partition coefficient (Wildman–Crippen LogP) is -0.00540. The third-order valence-electron chi connectivity index (χ3n) is 4.19. The number of ether oxygens (including phenoxy) is 3. The van der Waals surface area contributed by atoms with Gasteiger partial charge in [0.1, 0.15) is 25.2 Å². The summed E-state index contributed by atoms with van der Waals surface area (Å²) in [5, 5.41) is 29.7. The standard InChI is InChI=1S/C21H32O11/c1-14(2)17(25)21(20(11-22,12-23)13-24,30-9-7-28-18(26)15(3)4)32-31-10-8-29-19(27)16(5)6/h22-24H,1,3,5,7-13H2,2,4,6H3. The molecule has 0 amide bonds. The van der Waals surface area contributed by atoms with Gasteiger partial charge in [-0.3, -0.25) is 4.79 Å². The first kappa shape index (κ1) is 29.6. The average molecular weight is 460 g/mol. The summed E-state index contributed by atoms with van der Waals surface area (Å²) >= 11 is 0. The van der Waals surface area contributed by atoms with Crippen molar-refractivity contribution < 1.29 is 53.7 Å². The topological polar surface area (TPSA) is 158 Å². The van der Waals surface area contributed by atoms with Crippen molar-refractivity contribution in [3.63, 3.8) is 0 Å². The van der Waals surface area contributed by atoms with Crippen LogP contribution in [0.1, 0.15) is 20.8 Å². The highest BCUT2D eigenvalue weighted by Gasteiger charge is 2.60. The Morgan fingerprint density at radius 1 is 0.719 bits per heavy atom. The van der Waals surface area contributed by atoms with Crippen LogP contribution in [0.15, 0.2) is 36.5 Å². The number of hydrogen-bond acceptors (Lipinski definition) is 11. The summed E-state index contributed by atoms with van der Waals surface area (Å²) in [5.41, 5.74) is -1.91.